The molecule has 1 rings (SSSR count). The van der Waals surface area contributed by atoms with E-state index in [4.69, 9.17) is 12.2 Å². The Morgan fingerprint density at radius 3 is 3.08 bits per heavy atom. The van der Waals surface area contributed by atoms with Crippen LogP contribution in [0, 0.1) is 0 Å². The summed E-state index contributed by atoms with van der Waals surface area (Å²) in [5.41, 5.74) is 8.98. The average molecular weight is 218 g/mol. The highest BCUT2D eigenvalue weighted by Crippen LogP contribution is 2.03. The molecule has 0 aliphatic carbocycles. The summed E-state index contributed by atoms with van der Waals surface area (Å²) >= 11 is 9.15. The summed E-state index contributed by atoms with van der Waals surface area (Å²) < 4.78 is 0. The van der Waals surface area contributed by atoms with Gasteiger partial charge in [-0.1, -0.05) is 30.8 Å². The molecule has 0 aromatic rings. The third kappa shape index (κ3) is 3.51. The van der Waals surface area contributed by atoms with Crippen LogP contribution in [0.3, 0.4) is 0 Å². The molecule has 74 valence electrons. The van der Waals surface area contributed by atoms with Crippen molar-refractivity contribution in [3.63, 3.8) is 0 Å². The van der Waals surface area contributed by atoms with Crippen molar-refractivity contribution in [1.82, 2.24) is 21.5 Å². The first kappa shape index (κ1) is 10.8. The third-order valence-electron chi connectivity index (χ3n) is 1.58. The zero-order valence-electron chi connectivity index (χ0n) is 7.50. The number of nitrogens with one attached hydrogen (secondary N) is 3. The van der Waals surface area contributed by atoms with E-state index in [9.17, 15) is 0 Å². The van der Waals surface area contributed by atoms with Gasteiger partial charge in [0.05, 0.1) is 4.91 Å². The van der Waals surface area contributed by atoms with Gasteiger partial charge in [0.2, 0.25) is 0 Å². The average Bonchev–Trinajstić information content (AvgIpc) is 2.12. The number of nitrogens with zero attached hydrogens (tertiary/aromatic N) is 1. The van der Waals surface area contributed by atoms with Crippen LogP contribution in [-0.4, -0.2) is 16.8 Å². The van der Waals surface area contributed by atoms with Gasteiger partial charge in [-0.15, -0.1) is 12.6 Å². The zero-order chi connectivity index (χ0) is 9.68. The quantitative estimate of drug-likeness (QED) is 0.318. The molecule has 4 nitrogen and oxygen atoms in total. The van der Waals surface area contributed by atoms with Crippen molar-refractivity contribution in [1.29, 1.82) is 0 Å². The van der Waals surface area contributed by atoms with Gasteiger partial charge in [-0.3, -0.25) is 10.9 Å². The van der Waals surface area contributed by atoms with Gasteiger partial charge >= 0.3 is 0 Å². The van der Waals surface area contributed by atoms with Gasteiger partial charge < -0.3 is 0 Å². The van der Waals surface area contributed by atoms with Gasteiger partial charge in [0.25, 0.3) is 0 Å². The minimum Gasteiger partial charge on any atom is -0.293 e. The molecule has 0 radical (unpaired) electrons. The van der Waals surface area contributed by atoms with E-state index in [0.717, 1.165) is 17.9 Å². The van der Waals surface area contributed by atoms with E-state index in [2.05, 4.69) is 35.8 Å². The molecule has 0 aromatic carbocycles. The summed E-state index contributed by atoms with van der Waals surface area (Å²) in [4.78, 5) is 1.36. The molecule has 1 heterocycles. The highest BCUT2D eigenvalue weighted by Gasteiger charge is 2.11. The Morgan fingerprint density at radius 1 is 1.69 bits per heavy atom. The summed E-state index contributed by atoms with van der Waals surface area (Å²) in [6.07, 6.45) is 4.03. The number of thiol groups is 1. The van der Waals surface area contributed by atoms with Crippen LogP contribution < -0.4 is 16.3 Å². The van der Waals surface area contributed by atoms with Crippen molar-refractivity contribution in [2.45, 2.75) is 19.8 Å². The van der Waals surface area contributed by atoms with Crippen LogP contribution in [0.2, 0.25) is 0 Å². The first-order valence-electron chi connectivity index (χ1n) is 4.24. The van der Waals surface area contributed by atoms with E-state index in [1.54, 1.807) is 11.4 Å². The molecule has 0 spiro atoms. The topological polar surface area (TPSA) is 39.3 Å². The number of rotatable bonds is 4. The van der Waals surface area contributed by atoms with Crippen molar-refractivity contribution in [3.8, 4) is 0 Å². The minimum absolute atomic E-state index is 0.617. The maximum Gasteiger partial charge on any atom is 0.131 e. The fourth-order valence-corrected chi connectivity index (χ4v) is 1.09. The molecule has 0 amide bonds. The monoisotopic (exact) mass is 218 g/mol. The molecule has 0 bridgehead atoms. The van der Waals surface area contributed by atoms with E-state index in [1.165, 1.54) is 6.42 Å². The van der Waals surface area contributed by atoms with Gasteiger partial charge in [0, 0.05) is 12.7 Å². The molecular weight excluding hydrogens is 204 g/mol. The number of hydrazine groups is 3. The summed E-state index contributed by atoms with van der Waals surface area (Å²) in [5, 5.41) is 1.64. The second-order valence-corrected chi connectivity index (χ2v) is 3.59. The Bertz CT molecular complexity index is 217. The zero-order valence-corrected chi connectivity index (χ0v) is 9.21. The number of hydrogen-bond donors (Lipinski definition) is 4. The molecule has 6 heteroatoms. The van der Waals surface area contributed by atoms with Gasteiger partial charge in [-0.25, -0.2) is 5.43 Å². The summed E-state index contributed by atoms with van der Waals surface area (Å²) in [6, 6.07) is 0. The van der Waals surface area contributed by atoms with Crippen LogP contribution in [0.25, 0.3) is 0 Å². The van der Waals surface area contributed by atoms with Crippen LogP contribution in [0.1, 0.15) is 19.8 Å². The summed E-state index contributed by atoms with van der Waals surface area (Å²) in [6.45, 7) is 3.06. The second kappa shape index (κ2) is 5.43. The molecule has 3 N–H and O–H groups in total. The largest absolute Gasteiger partial charge is 0.293 e. The number of thiocarbonyl (C=S) groups is 1. The van der Waals surface area contributed by atoms with Gasteiger partial charge in [0.15, 0.2) is 0 Å². The lowest BCUT2D eigenvalue weighted by Gasteiger charge is -2.28. The predicted octanol–water partition coefficient (Wildman–Crippen LogP) is 0.714. The maximum absolute atomic E-state index is 5.01. The third-order valence-corrected chi connectivity index (χ3v) is 2.39. The second-order valence-electron chi connectivity index (χ2n) is 2.70. The fourth-order valence-electron chi connectivity index (χ4n) is 0.835. The smallest absolute Gasteiger partial charge is 0.131 e. The summed E-state index contributed by atoms with van der Waals surface area (Å²) in [5.74, 6) is 0. The standard InChI is InChI=1S/C7H14N4S2/c1-2-3-4-8-11-9-5-6(12)7(13)10-11/h5,8-9,12H,2-4H2,1H3,(H,10,13). The Balaban J connectivity index is 2.27. The molecule has 13 heavy (non-hydrogen) atoms. The van der Waals surface area contributed by atoms with E-state index < -0.39 is 0 Å². The normalized spacial score (nSPS) is 17.7. The summed E-state index contributed by atoms with van der Waals surface area (Å²) in [7, 11) is 0. The Kier molecular flexibility index (Phi) is 4.51. The molecule has 0 unspecified atom stereocenters. The lowest BCUT2D eigenvalue weighted by molar-refractivity contribution is 0.101. The Labute approximate surface area is 89.1 Å². The molecule has 0 saturated heterocycles. The van der Waals surface area contributed by atoms with Crippen LogP contribution in [0.15, 0.2) is 11.1 Å². The molecule has 1 aliphatic heterocycles. The minimum atomic E-state index is 0.617. The van der Waals surface area contributed by atoms with E-state index in [-0.39, 0.29) is 0 Å². The van der Waals surface area contributed by atoms with Crippen molar-refractivity contribution in [2.24, 2.45) is 0 Å². The highest BCUT2D eigenvalue weighted by molar-refractivity contribution is 7.90. The van der Waals surface area contributed by atoms with Crippen molar-refractivity contribution < 1.29 is 0 Å². The van der Waals surface area contributed by atoms with Gasteiger partial charge in [0.1, 0.15) is 4.99 Å². The number of hydrogen-bond acceptors (Lipinski definition) is 5. The van der Waals surface area contributed by atoms with E-state index in [0.29, 0.717) is 4.99 Å². The lowest BCUT2D eigenvalue weighted by atomic mass is 10.3. The molecule has 0 aromatic heterocycles. The predicted molar refractivity (Wildman–Crippen MR) is 60.7 cm³/mol. The molecule has 0 atom stereocenters. The lowest BCUT2D eigenvalue weighted by Crippen LogP contribution is -2.58. The van der Waals surface area contributed by atoms with Crippen molar-refractivity contribution >= 4 is 29.8 Å². The molecule has 0 saturated carbocycles. The first-order chi connectivity index (χ1) is 6.24. The maximum atomic E-state index is 5.01. The number of unbranched alkanes of at least 4 members (excludes halogenated alkanes) is 1. The van der Waals surface area contributed by atoms with Crippen LogP contribution >= 0.6 is 24.8 Å². The van der Waals surface area contributed by atoms with Gasteiger partial charge in [-0.05, 0) is 6.42 Å². The van der Waals surface area contributed by atoms with E-state index >= 15 is 0 Å². The van der Waals surface area contributed by atoms with Crippen LogP contribution in [-0.2, 0) is 0 Å². The molecular formula is C7H14N4S2. The molecule has 0 fully saturated rings. The van der Waals surface area contributed by atoms with Gasteiger partial charge in [-0.2, -0.15) is 0 Å². The first-order valence-corrected chi connectivity index (χ1v) is 5.09. The Morgan fingerprint density at radius 2 is 2.46 bits per heavy atom. The molecule has 1 aliphatic rings. The Hall–Kier alpha value is -0.300. The van der Waals surface area contributed by atoms with Crippen molar-refractivity contribution in [3.05, 3.63) is 11.1 Å². The SMILES string of the molecule is CCCCNN1NC=C(S)C(=S)N1. The van der Waals surface area contributed by atoms with Crippen molar-refractivity contribution in [2.75, 3.05) is 6.54 Å². The highest BCUT2D eigenvalue weighted by atomic mass is 32.1. The fraction of sp³-hybridized carbons (Fsp3) is 0.571. The van der Waals surface area contributed by atoms with Crippen LogP contribution in [0.5, 0.6) is 0 Å². The van der Waals surface area contributed by atoms with Crippen LogP contribution in [0.4, 0.5) is 0 Å². The van der Waals surface area contributed by atoms with E-state index in [1.807, 2.05) is 0 Å².